The first kappa shape index (κ1) is 33.2. The van der Waals surface area contributed by atoms with Gasteiger partial charge in [-0.3, -0.25) is 0 Å². The molecule has 4 heteroatoms. The number of thiophene rings is 2. The first-order valence-corrected chi connectivity index (χ1v) is 22.7. The van der Waals surface area contributed by atoms with Gasteiger partial charge in [0.05, 0.1) is 0 Å². The molecule has 4 aromatic heterocycles. The van der Waals surface area contributed by atoms with Crippen molar-refractivity contribution in [3.05, 3.63) is 182 Å². The predicted molar refractivity (Wildman–Crippen MR) is 268 cm³/mol. The third-order valence-corrected chi connectivity index (χ3v) is 15.7. The van der Waals surface area contributed by atoms with Crippen LogP contribution in [0.25, 0.3) is 150 Å². The molecule has 0 fully saturated rings. The first-order chi connectivity index (χ1) is 30.7. The molecule has 0 amide bonds. The SMILES string of the molecule is c1ccc2c(c1)oc1c2ccc2c(-c3ccc4sc5ccccc5c4c3)cc3cc4cc(-c5ccc6sc7ccccc7c6c5)c5ccc6c7ccccc7oc6c5c4cc3c21. The van der Waals surface area contributed by atoms with E-state index in [4.69, 9.17) is 8.83 Å². The van der Waals surface area contributed by atoms with E-state index in [2.05, 4.69) is 182 Å². The average Bonchev–Trinajstić information content (AvgIpc) is 4.10. The summed E-state index contributed by atoms with van der Waals surface area (Å²) in [5.41, 5.74) is 8.42. The zero-order valence-electron chi connectivity index (χ0n) is 33.0. The fraction of sp³-hybridized carbons (Fsp3) is 0. The van der Waals surface area contributed by atoms with Crippen molar-refractivity contribution in [2.45, 2.75) is 0 Å². The highest BCUT2D eigenvalue weighted by Gasteiger charge is 2.21. The molecule has 0 N–H and O–H groups in total. The summed E-state index contributed by atoms with van der Waals surface area (Å²) in [5.74, 6) is 0. The van der Waals surface area contributed by atoms with Gasteiger partial charge in [0, 0.05) is 72.7 Å². The van der Waals surface area contributed by atoms with E-state index in [1.54, 1.807) is 0 Å². The average molecular weight is 823 g/mol. The third-order valence-electron chi connectivity index (χ3n) is 13.4. The van der Waals surface area contributed by atoms with Crippen LogP contribution in [0.1, 0.15) is 0 Å². The topological polar surface area (TPSA) is 26.3 Å². The number of fused-ring (bicyclic) bond motifs is 20. The summed E-state index contributed by atoms with van der Waals surface area (Å²) in [4.78, 5) is 0. The second-order valence-corrected chi connectivity index (χ2v) is 18.9. The molecule has 286 valence electrons. The zero-order chi connectivity index (χ0) is 40.2. The van der Waals surface area contributed by atoms with Gasteiger partial charge in [0.15, 0.2) is 0 Å². The van der Waals surface area contributed by atoms with E-state index < -0.39 is 0 Å². The Kier molecular flexibility index (Phi) is 6.48. The minimum atomic E-state index is 0.898. The van der Waals surface area contributed by atoms with Gasteiger partial charge in [0.1, 0.15) is 22.3 Å². The maximum Gasteiger partial charge on any atom is 0.143 e. The van der Waals surface area contributed by atoms with Gasteiger partial charge in [0.2, 0.25) is 0 Å². The number of rotatable bonds is 2. The molecule has 0 bridgehead atoms. The molecule has 62 heavy (non-hydrogen) atoms. The molecule has 11 aromatic carbocycles. The maximum absolute atomic E-state index is 6.91. The van der Waals surface area contributed by atoms with Gasteiger partial charge in [0.25, 0.3) is 0 Å². The predicted octanol–water partition coefficient (Wildman–Crippen LogP) is 18.2. The first-order valence-electron chi connectivity index (χ1n) is 21.0. The number of para-hydroxylation sites is 2. The molecule has 15 aromatic rings. The second-order valence-electron chi connectivity index (χ2n) is 16.7. The highest BCUT2D eigenvalue weighted by Crippen LogP contribution is 2.48. The van der Waals surface area contributed by atoms with Crippen molar-refractivity contribution in [1.82, 2.24) is 0 Å². The highest BCUT2D eigenvalue weighted by atomic mass is 32.1. The van der Waals surface area contributed by atoms with Crippen LogP contribution < -0.4 is 0 Å². The summed E-state index contributed by atoms with van der Waals surface area (Å²) >= 11 is 3.72. The molecule has 0 atom stereocenters. The van der Waals surface area contributed by atoms with Gasteiger partial charge in [-0.05, 0) is 140 Å². The number of hydrogen-bond donors (Lipinski definition) is 0. The Balaban J connectivity index is 1.10. The second kappa shape index (κ2) is 12.1. The van der Waals surface area contributed by atoms with Crippen molar-refractivity contribution in [2.24, 2.45) is 0 Å². The van der Waals surface area contributed by atoms with Crippen molar-refractivity contribution in [3.63, 3.8) is 0 Å². The Labute approximate surface area is 361 Å². The van der Waals surface area contributed by atoms with Crippen LogP contribution in [0.4, 0.5) is 0 Å². The molecule has 0 unspecified atom stereocenters. The van der Waals surface area contributed by atoms with Crippen LogP contribution in [0.5, 0.6) is 0 Å². The lowest BCUT2D eigenvalue weighted by molar-refractivity contribution is 0.672. The molecule has 0 aliphatic heterocycles. The van der Waals surface area contributed by atoms with E-state index in [0.717, 1.165) is 65.4 Å². The molecule has 0 saturated carbocycles. The number of furan rings is 2. The van der Waals surface area contributed by atoms with Crippen LogP contribution in [0, 0.1) is 0 Å². The largest absolute Gasteiger partial charge is 0.455 e. The minimum Gasteiger partial charge on any atom is -0.455 e. The van der Waals surface area contributed by atoms with E-state index >= 15 is 0 Å². The fourth-order valence-corrected chi connectivity index (χ4v) is 12.8. The van der Waals surface area contributed by atoms with Gasteiger partial charge in [-0.25, -0.2) is 0 Å². The van der Waals surface area contributed by atoms with Crippen LogP contribution in [0.15, 0.2) is 191 Å². The Hall–Kier alpha value is -7.50. The number of benzene rings is 11. The van der Waals surface area contributed by atoms with Crippen molar-refractivity contribution in [1.29, 1.82) is 0 Å². The molecule has 2 nitrogen and oxygen atoms in total. The summed E-state index contributed by atoms with van der Waals surface area (Å²) in [6.07, 6.45) is 0. The van der Waals surface area contributed by atoms with Gasteiger partial charge in [-0.15, -0.1) is 22.7 Å². The van der Waals surface area contributed by atoms with Crippen LogP contribution in [0.2, 0.25) is 0 Å². The molecule has 0 radical (unpaired) electrons. The zero-order valence-corrected chi connectivity index (χ0v) is 34.6. The van der Waals surface area contributed by atoms with Gasteiger partial charge < -0.3 is 8.83 Å². The van der Waals surface area contributed by atoms with E-state index in [1.165, 1.54) is 84.1 Å². The van der Waals surface area contributed by atoms with Gasteiger partial charge in [-0.2, -0.15) is 0 Å². The summed E-state index contributed by atoms with van der Waals surface area (Å²) < 4.78 is 19.0. The lowest BCUT2D eigenvalue weighted by Gasteiger charge is -2.16. The van der Waals surface area contributed by atoms with Crippen LogP contribution in [0.3, 0.4) is 0 Å². The Bertz CT molecular complexity index is 4180. The highest BCUT2D eigenvalue weighted by molar-refractivity contribution is 7.26. The smallest absolute Gasteiger partial charge is 0.143 e. The summed E-state index contributed by atoms with van der Waals surface area (Å²) in [5, 5.41) is 19.0. The van der Waals surface area contributed by atoms with Gasteiger partial charge in [-0.1, -0.05) is 97.1 Å². The molecule has 4 heterocycles. The van der Waals surface area contributed by atoms with Crippen LogP contribution in [-0.2, 0) is 0 Å². The minimum absolute atomic E-state index is 0.898. The van der Waals surface area contributed by atoms with E-state index in [-0.39, 0.29) is 0 Å². The van der Waals surface area contributed by atoms with E-state index in [0.29, 0.717) is 0 Å². The van der Waals surface area contributed by atoms with Crippen molar-refractivity contribution >= 4 is 150 Å². The molecular weight excluding hydrogens is 793 g/mol. The third kappa shape index (κ3) is 4.47. The Morgan fingerprint density at radius 2 is 0.694 bits per heavy atom. The summed E-state index contributed by atoms with van der Waals surface area (Å²) in [7, 11) is 0. The fourth-order valence-electron chi connectivity index (χ4n) is 10.6. The molecule has 15 rings (SSSR count). The normalized spacial score (nSPS) is 12.5. The van der Waals surface area contributed by atoms with Crippen LogP contribution >= 0.6 is 22.7 Å². The van der Waals surface area contributed by atoms with Gasteiger partial charge >= 0.3 is 0 Å². The lowest BCUT2D eigenvalue weighted by Crippen LogP contribution is -1.89. The molecular formula is C58H30O2S2. The summed E-state index contributed by atoms with van der Waals surface area (Å²) in [6.45, 7) is 0. The monoisotopic (exact) mass is 822 g/mol. The summed E-state index contributed by atoms with van der Waals surface area (Å²) in [6, 6.07) is 67.2. The quantitative estimate of drug-likeness (QED) is 0.128. The van der Waals surface area contributed by atoms with E-state index in [1.807, 2.05) is 22.7 Å². The molecule has 0 saturated heterocycles. The molecule has 0 aliphatic carbocycles. The Morgan fingerprint density at radius 1 is 0.274 bits per heavy atom. The standard InChI is InChI=1S/C58H30O2S2/c1-5-13-49-35(9-1)41-21-19-39-43(31-17-23-53-47(26-31)37-11-3-7-15-51(37)61-53)28-33-25-34-29-44(32-18-24-54-48(27-32)38-12-4-8-16-52(38)62-54)40-20-22-42-36-10-2-6-14-50(36)60-58(42)56(40)46(34)30-45(33)55(39)57(41)59-49/h1-30H. The number of hydrogen-bond acceptors (Lipinski definition) is 4. The van der Waals surface area contributed by atoms with Crippen molar-refractivity contribution in [3.8, 4) is 22.3 Å². The van der Waals surface area contributed by atoms with E-state index in [9.17, 15) is 0 Å². The molecule has 0 spiro atoms. The lowest BCUT2D eigenvalue weighted by atomic mass is 9.87. The molecule has 0 aliphatic rings. The maximum atomic E-state index is 6.91. The van der Waals surface area contributed by atoms with Crippen molar-refractivity contribution < 1.29 is 8.83 Å². The Morgan fingerprint density at radius 3 is 1.19 bits per heavy atom. The van der Waals surface area contributed by atoms with Crippen LogP contribution in [-0.4, -0.2) is 0 Å². The van der Waals surface area contributed by atoms with Crippen molar-refractivity contribution in [2.75, 3.05) is 0 Å².